The maximum Gasteiger partial charge on any atom is 0.0178 e. The van der Waals surface area contributed by atoms with E-state index in [0.29, 0.717) is 6.54 Å². The maximum absolute atomic E-state index is 5.45. The van der Waals surface area contributed by atoms with Crippen LogP contribution in [0.15, 0.2) is 36.0 Å². The molecule has 0 amide bonds. The summed E-state index contributed by atoms with van der Waals surface area (Å²) >= 11 is 0. The summed E-state index contributed by atoms with van der Waals surface area (Å²) in [7, 11) is 0. The summed E-state index contributed by atoms with van der Waals surface area (Å²) < 4.78 is 0. The van der Waals surface area contributed by atoms with E-state index in [0.717, 1.165) is 11.1 Å². The highest BCUT2D eigenvalue weighted by atomic mass is 14.5. The van der Waals surface area contributed by atoms with Crippen LogP contribution in [0.3, 0.4) is 0 Å². The molecular weight excluding hydrogens is 122 g/mol. The number of hydrogen-bond donors (Lipinski definition) is 1. The lowest BCUT2D eigenvalue weighted by Gasteiger charge is -1.95. The van der Waals surface area contributed by atoms with Crippen molar-refractivity contribution in [2.24, 2.45) is 5.73 Å². The Bertz CT molecular complexity index is 164. The molecule has 1 heteroatoms. The van der Waals surface area contributed by atoms with Crippen LogP contribution in [0.4, 0.5) is 0 Å². The Kier molecular flexibility index (Phi) is 4.59. The molecule has 2 N–H and O–H groups in total. The molecule has 0 heterocycles. The van der Waals surface area contributed by atoms with Crippen molar-refractivity contribution >= 4 is 0 Å². The third-order valence-electron chi connectivity index (χ3n) is 1.05. The first kappa shape index (κ1) is 9.18. The van der Waals surface area contributed by atoms with Gasteiger partial charge in [-0.15, -0.1) is 0 Å². The quantitative estimate of drug-likeness (QED) is 0.592. The van der Waals surface area contributed by atoms with E-state index >= 15 is 0 Å². The second kappa shape index (κ2) is 5.00. The highest BCUT2D eigenvalue weighted by molar-refractivity contribution is 5.27. The van der Waals surface area contributed by atoms with Gasteiger partial charge in [0.15, 0.2) is 0 Å². The molecule has 10 heavy (non-hydrogen) atoms. The molecule has 0 aromatic rings. The summed E-state index contributed by atoms with van der Waals surface area (Å²) in [5.41, 5.74) is 7.61. The SMILES string of the molecule is C=C(C)/C=C(\C=C/C)CN. The van der Waals surface area contributed by atoms with Crippen molar-refractivity contribution in [3.05, 3.63) is 36.0 Å². The highest BCUT2D eigenvalue weighted by Gasteiger charge is 1.85. The Labute approximate surface area is 62.9 Å². The van der Waals surface area contributed by atoms with Gasteiger partial charge in [0.25, 0.3) is 0 Å². The first-order chi connectivity index (χ1) is 4.70. The van der Waals surface area contributed by atoms with Crippen molar-refractivity contribution in [1.29, 1.82) is 0 Å². The summed E-state index contributed by atoms with van der Waals surface area (Å²) in [6.07, 6.45) is 5.95. The van der Waals surface area contributed by atoms with Crippen LogP contribution >= 0.6 is 0 Å². The molecule has 0 aliphatic heterocycles. The van der Waals surface area contributed by atoms with Crippen LogP contribution in [0.25, 0.3) is 0 Å². The van der Waals surface area contributed by atoms with Crippen LogP contribution < -0.4 is 5.73 Å². The lowest BCUT2D eigenvalue weighted by molar-refractivity contribution is 1.18. The molecule has 0 radical (unpaired) electrons. The fourth-order valence-electron chi connectivity index (χ4n) is 0.706. The van der Waals surface area contributed by atoms with Gasteiger partial charge < -0.3 is 5.73 Å². The fraction of sp³-hybridized carbons (Fsp3) is 0.333. The van der Waals surface area contributed by atoms with E-state index in [2.05, 4.69) is 6.58 Å². The topological polar surface area (TPSA) is 26.0 Å². The summed E-state index contributed by atoms with van der Waals surface area (Å²) in [5, 5.41) is 0. The highest BCUT2D eigenvalue weighted by Crippen LogP contribution is 1.99. The molecule has 0 saturated carbocycles. The molecule has 0 aliphatic rings. The standard InChI is InChI=1S/C9H15N/c1-4-5-9(7-10)6-8(2)3/h4-6H,2,7,10H2,1,3H3/b5-4-,9-6+. The smallest absolute Gasteiger partial charge is 0.0178 e. The molecular formula is C9H15N. The molecule has 0 aromatic carbocycles. The number of hydrogen-bond acceptors (Lipinski definition) is 1. The zero-order valence-electron chi connectivity index (χ0n) is 6.72. The van der Waals surface area contributed by atoms with Gasteiger partial charge in [0.05, 0.1) is 0 Å². The molecule has 0 aliphatic carbocycles. The summed E-state index contributed by atoms with van der Waals surface area (Å²) in [6, 6.07) is 0. The van der Waals surface area contributed by atoms with Crippen LogP contribution in [0.1, 0.15) is 13.8 Å². The number of rotatable bonds is 3. The second-order valence-corrected chi connectivity index (χ2v) is 2.27. The minimum atomic E-state index is 0.581. The van der Waals surface area contributed by atoms with E-state index in [1.54, 1.807) is 0 Å². The fourth-order valence-corrected chi connectivity index (χ4v) is 0.706. The van der Waals surface area contributed by atoms with Gasteiger partial charge in [-0.05, 0) is 19.4 Å². The predicted molar refractivity (Wildman–Crippen MR) is 46.8 cm³/mol. The lowest BCUT2D eigenvalue weighted by Crippen LogP contribution is -2.00. The van der Waals surface area contributed by atoms with Gasteiger partial charge in [-0.3, -0.25) is 0 Å². The second-order valence-electron chi connectivity index (χ2n) is 2.27. The van der Waals surface area contributed by atoms with Crippen LogP contribution in [0.5, 0.6) is 0 Å². The summed E-state index contributed by atoms with van der Waals surface area (Å²) in [5.74, 6) is 0. The van der Waals surface area contributed by atoms with Gasteiger partial charge in [0.1, 0.15) is 0 Å². The van der Waals surface area contributed by atoms with Crippen LogP contribution in [0, 0.1) is 0 Å². The molecule has 0 unspecified atom stereocenters. The molecule has 0 fully saturated rings. The molecule has 0 aromatic heterocycles. The number of allylic oxidation sites excluding steroid dienone is 3. The van der Waals surface area contributed by atoms with Gasteiger partial charge >= 0.3 is 0 Å². The van der Waals surface area contributed by atoms with Gasteiger partial charge in [-0.1, -0.05) is 30.4 Å². The van der Waals surface area contributed by atoms with E-state index in [-0.39, 0.29) is 0 Å². The van der Waals surface area contributed by atoms with Crippen LogP contribution in [0.2, 0.25) is 0 Å². The van der Waals surface area contributed by atoms with Gasteiger partial charge in [0, 0.05) is 6.54 Å². The molecule has 0 saturated heterocycles. The van der Waals surface area contributed by atoms with Gasteiger partial charge in [-0.25, -0.2) is 0 Å². The Morgan fingerprint density at radius 1 is 1.60 bits per heavy atom. The van der Waals surface area contributed by atoms with E-state index in [4.69, 9.17) is 5.73 Å². The molecule has 0 spiro atoms. The molecule has 1 nitrogen and oxygen atoms in total. The Morgan fingerprint density at radius 3 is 2.50 bits per heavy atom. The van der Waals surface area contributed by atoms with Gasteiger partial charge in [-0.2, -0.15) is 0 Å². The zero-order valence-corrected chi connectivity index (χ0v) is 6.72. The lowest BCUT2D eigenvalue weighted by atomic mass is 10.2. The molecule has 0 rings (SSSR count). The van der Waals surface area contributed by atoms with Crippen LogP contribution in [-0.4, -0.2) is 6.54 Å². The molecule has 56 valence electrons. The summed E-state index contributed by atoms with van der Waals surface area (Å²) in [6.45, 7) is 8.27. The average molecular weight is 137 g/mol. The third kappa shape index (κ3) is 4.10. The van der Waals surface area contributed by atoms with Crippen molar-refractivity contribution < 1.29 is 0 Å². The van der Waals surface area contributed by atoms with Crippen molar-refractivity contribution in [3.8, 4) is 0 Å². The Morgan fingerprint density at radius 2 is 2.20 bits per heavy atom. The largest absolute Gasteiger partial charge is 0.326 e. The van der Waals surface area contributed by atoms with E-state index in [9.17, 15) is 0 Å². The number of nitrogens with two attached hydrogens (primary N) is 1. The Balaban J connectivity index is 4.18. The molecule has 0 bridgehead atoms. The maximum atomic E-state index is 5.45. The van der Waals surface area contributed by atoms with Crippen molar-refractivity contribution in [1.82, 2.24) is 0 Å². The van der Waals surface area contributed by atoms with Crippen molar-refractivity contribution in [2.75, 3.05) is 6.54 Å². The predicted octanol–water partition coefficient (Wildman–Crippen LogP) is 2.02. The minimum absolute atomic E-state index is 0.581. The zero-order chi connectivity index (χ0) is 7.98. The van der Waals surface area contributed by atoms with Crippen molar-refractivity contribution in [2.45, 2.75) is 13.8 Å². The van der Waals surface area contributed by atoms with E-state index in [1.165, 1.54) is 0 Å². The first-order valence-electron chi connectivity index (χ1n) is 3.39. The van der Waals surface area contributed by atoms with E-state index < -0.39 is 0 Å². The van der Waals surface area contributed by atoms with Gasteiger partial charge in [0.2, 0.25) is 0 Å². The van der Waals surface area contributed by atoms with E-state index in [1.807, 2.05) is 32.1 Å². The Hall–Kier alpha value is -0.820. The summed E-state index contributed by atoms with van der Waals surface area (Å²) in [4.78, 5) is 0. The van der Waals surface area contributed by atoms with Crippen molar-refractivity contribution in [3.63, 3.8) is 0 Å². The first-order valence-corrected chi connectivity index (χ1v) is 3.39. The molecule has 0 atom stereocenters. The minimum Gasteiger partial charge on any atom is -0.326 e. The normalized spacial score (nSPS) is 12.5. The third-order valence-corrected chi connectivity index (χ3v) is 1.05. The average Bonchev–Trinajstić information content (AvgIpc) is 1.86. The monoisotopic (exact) mass is 137 g/mol. The van der Waals surface area contributed by atoms with Crippen LogP contribution in [-0.2, 0) is 0 Å².